The summed E-state index contributed by atoms with van der Waals surface area (Å²) in [5.41, 5.74) is 0.833. The van der Waals surface area contributed by atoms with E-state index in [0.29, 0.717) is 25.5 Å². The molecule has 0 amide bonds. The Morgan fingerprint density at radius 3 is 2.67 bits per heavy atom. The summed E-state index contributed by atoms with van der Waals surface area (Å²) in [6.07, 6.45) is 4.16. The van der Waals surface area contributed by atoms with E-state index in [0.717, 1.165) is 17.4 Å². The topological polar surface area (TPSA) is 62.3 Å². The molecule has 0 aliphatic carbocycles. The maximum atomic E-state index is 6.26. The molecule has 24 heavy (non-hydrogen) atoms. The molecule has 6 heteroatoms. The first-order valence-electron chi connectivity index (χ1n) is 8.22. The minimum Gasteiger partial charge on any atom is -0.455 e. The van der Waals surface area contributed by atoms with Crippen LogP contribution < -0.4 is 0 Å². The Balaban J connectivity index is 1.73. The van der Waals surface area contributed by atoms with E-state index in [4.69, 9.17) is 13.9 Å². The van der Waals surface area contributed by atoms with E-state index >= 15 is 0 Å². The normalized spacial score (nSPS) is 27.6. The summed E-state index contributed by atoms with van der Waals surface area (Å²) >= 11 is 0. The van der Waals surface area contributed by atoms with E-state index in [1.54, 1.807) is 11.0 Å². The Hall–Kier alpha value is -2.18. The molecule has 3 aromatic rings. The van der Waals surface area contributed by atoms with E-state index in [1.807, 2.05) is 30.3 Å². The van der Waals surface area contributed by atoms with Crippen LogP contribution in [0.2, 0.25) is 0 Å². The summed E-state index contributed by atoms with van der Waals surface area (Å²) in [6.45, 7) is 5.93. The van der Waals surface area contributed by atoms with Crippen molar-refractivity contribution in [2.75, 3.05) is 13.2 Å². The number of rotatable bonds is 4. The third-order valence-corrected chi connectivity index (χ3v) is 4.80. The van der Waals surface area contributed by atoms with Gasteiger partial charge < -0.3 is 13.9 Å². The molecule has 126 valence electrons. The third-order valence-electron chi connectivity index (χ3n) is 4.80. The number of furan rings is 1. The van der Waals surface area contributed by atoms with E-state index in [2.05, 4.69) is 23.9 Å². The predicted octanol–water partition coefficient (Wildman–Crippen LogP) is 3.34. The first-order valence-corrected chi connectivity index (χ1v) is 8.22. The van der Waals surface area contributed by atoms with Crippen LogP contribution in [0.1, 0.15) is 26.0 Å². The van der Waals surface area contributed by atoms with Crippen LogP contribution in [0.3, 0.4) is 0 Å². The second-order valence-electron chi connectivity index (χ2n) is 6.74. The standard InChI is InChI=1S/C18H21N3O3/c1-3-17(2)10-22-18(23-11-17,9-21-13-19-12-20-21)16-8-14-6-4-5-7-15(14)24-16/h4-8,12-13H,3,9-11H2,1-2H3. The predicted molar refractivity (Wildman–Crippen MR) is 88.2 cm³/mol. The first-order chi connectivity index (χ1) is 11.6. The van der Waals surface area contributed by atoms with Gasteiger partial charge >= 0.3 is 0 Å². The molecule has 0 atom stereocenters. The molecule has 4 rings (SSSR count). The molecule has 0 N–H and O–H groups in total. The van der Waals surface area contributed by atoms with Gasteiger partial charge in [0.15, 0.2) is 5.76 Å². The Kier molecular flexibility index (Phi) is 3.66. The number of benzene rings is 1. The van der Waals surface area contributed by atoms with Gasteiger partial charge in [0.05, 0.1) is 13.2 Å². The summed E-state index contributed by atoms with van der Waals surface area (Å²) in [6, 6.07) is 9.89. The molecule has 1 aliphatic rings. The Morgan fingerprint density at radius 1 is 1.21 bits per heavy atom. The molecule has 0 unspecified atom stereocenters. The largest absolute Gasteiger partial charge is 0.455 e. The van der Waals surface area contributed by atoms with Crippen molar-refractivity contribution in [3.8, 4) is 0 Å². The van der Waals surface area contributed by atoms with Crippen molar-refractivity contribution in [1.82, 2.24) is 14.8 Å². The van der Waals surface area contributed by atoms with Gasteiger partial charge in [0.2, 0.25) is 5.79 Å². The van der Waals surface area contributed by atoms with Crippen molar-refractivity contribution in [3.63, 3.8) is 0 Å². The lowest BCUT2D eigenvalue weighted by molar-refractivity contribution is -0.324. The average Bonchev–Trinajstić information content (AvgIpc) is 3.26. The number of ether oxygens (including phenoxy) is 2. The van der Waals surface area contributed by atoms with Crippen LogP contribution in [0.15, 0.2) is 47.4 Å². The van der Waals surface area contributed by atoms with Crippen molar-refractivity contribution in [3.05, 3.63) is 48.7 Å². The zero-order valence-electron chi connectivity index (χ0n) is 13.9. The molecule has 0 saturated carbocycles. The van der Waals surface area contributed by atoms with Gasteiger partial charge in [-0.2, -0.15) is 5.10 Å². The quantitative estimate of drug-likeness (QED) is 0.735. The highest BCUT2D eigenvalue weighted by atomic mass is 16.7. The van der Waals surface area contributed by atoms with Crippen molar-refractivity contribution in [2.45, 2.75) is 32.6 Å². The second-order valence-corrected chi connectivity index (χ2v) is 6.74. The van der Waals surface area contributed by atoms with E-state index in [9.17, 15) is 0 Å². The van der Waals surface area contributed by atoms with Gasteiger partial charge in [0.25, 0.3) is 0 Å². The monoisotopic (exact) mass is 327 g/mol. The minimum atomic E-state index is -0.985. The first kappa shape index (κ1) is 15.4. The van der Waals surface area contributed by atoms with Gasteiger partial charge in [-0.1, -0.05) is 32.0 Å². The fraction of sp³-hybridized carbons (Fsp3) is 0.444. The Bertz CT molecular complexity index is 784. The molecular formula is C18H21N3O3. The summed E-state index contributed by atoms with van der Waals surface area (Å²) in [4.78, 5) is 4.01. The smallest absolute Gasteiger partial charge is 0.248 e. The van der Waals surface area contributed by atoms with E-state index in [-0.39, 0.29) is 5.41 Å². The molecular weight excluding hydrogens is 306 g/mol. The Labute approximate surface area is 140 Å². The van der Waals surface area contributed by atoms with Gasteiger partial charge in [0, 0.05) is 10.8 Å². The van der Waals surface area contributed by atoms with Gasteiger partial charge in [0.1, 0.15) is 24.8 Å². The highest BCUT2D eigenvalue weighted by Gasteiger charge is 2.46. The van der Waals surface area contributed by atoms with Crippen LogP contribution in [0, 0.1) is 5.41 Å². The molecule has 1 saturated heterocycles. The summed E-state index contributed by atoms with van der Waals surface area (Å²) < 4.78 is 20.3. The maximum Gasteiger partial charge on any atom is 0.248 e. The molecule has 0 spiro atoms. The van der Waals surface area contributed by atoms with Gasteiger partial charge in [-0.15, -0.1) is 0 Å². The van der Waals surface area contributed by atoms with Crippen LogP contribution in [0.5, 0.6) is 0 Å². The third kappa shape index (κ3) is 2.61. The van der Waals surface area contributed by atoms with Gasteiger partial charge in [-0.05, 0) is 18.6 Å². The maximum absolute atomic E-state index is 6.26. The fourth-order valence-corrected chi connectivity index (χ4v) is 2.88. The van der Waals surface area contributed by atoms with Crippen LogP contribution in [-0.2, 0) is 21.8 Å². The second kappa shape index (κ2) is 5.72. The van der Waals surface area contributed by atoms with Gasteiger partial charge in [-0.3, -0.25) is 0 Å². The lowest BCUT2D eigenvalue weighted by Gasteiger charge is -2.43. The minimum absolute atomic E-state index is 0.0118. The number of aromatic nitrogens is 3. The van der Waals surface area contributed by atoms with Crippen molar-refractivity contribution in [2.24, 2.45) is 5.41 Å². The number of nitrogens with zero attached hydrogens (tertiary/aromatic N) is 3. The van der Waals surface area contributed by atoms with Crippen molar-refractivity contribution >= 4 is 11.0 Å². The summed E-state index contributed by atoms with van der Waals surface area (Å²) in [5.74, 6) is -0.321. The van der Waals surface area contributed by atoms with E-state index < -0.39 is 5.79 Å². The number of hydrogen-bond acceptors (Lipinski definition) is 5. The van der Waals surface area contributed by atoms with Crippen LogP contribution in [-0.4, -0.2) is 28.0 Å². The highest BCUT2D eigenvalue weighted by Crippen LogP contribution is 2.41. The number of para-hydroxylation sites is 1. The average molecular weight is 327 g/mol. The van der Waals surface area contributed by atoms with Crippen LogP contribution in [0.4, 0.5) is 0 Å². The molecule has 1 fully saturated rings. The lowest BCUT2D eigenvalue weighted by atomic mass is 9.88. The lowest BCUT2D eigenvalue weighted by Crippen LogP contribution is -2.48. The molecule has 1 aliphatic heterocycles. The van der Waals surface area contributed by atoms with Crippen molar-refractivity contribution in [1.29, 1.82) is 0 Å². The van der Waals surface area contributed by atoms with Gasteiger partial charge in [-0.25, -0.2) is 9.67 Å². The van der Waals surface area contributed by atoms with Crippen molar-refractivity contribution < 1.29 is 13.9 Å². The molecule has 2 aromatic heterocycles. The molecule has 0 bridgehead atoms. The SMILES string of the molecule is CCC1(C)COC(Cn2cncn2)(c2cc3ccccc3o2)OC1. The zero-order valence-corrected chi connectivity index (χ0v) is 13.9. The molecule has 0 radical (unpaired) electrons. The molecule has 1 aromatic carbocycles. The number of hydrogen-bond donors (Lipinski definition) is 0. The summed E-state index contributed by atoms with van der Waals surface area (Å²) in [7, 11) is 0. The van der Waals surface area contributed by atoms with E-state index in [1.165, 1.54) is 6.33 Å². The molecule has 6 nitrogen and oxygen atoms in total. The number of fused-ring (bicyclic) bond motifs is 1. The van der Waals surface area contributed by atoms with Crippen LogP contribution in [0.25, 0.3) is 11.0 Å². The zero-order chi connectivity index (χ0) is 16.6. The Morgan fingerprint density at radius 2 is 2.00 bits per heavy atom. The molecule has 3 heterocycles. The summed E-state index contributed by atoms with van der Waals surface area (Å²) in [5, 5.41) is 5.22. The highest BCUT2D eigenvalue weighted by molar-refractivity contribution is 5.77. The van der Waals surface area contributed by atoms with Crippen LogP contribution >= 0.6 is 0 Å². The fourth-order valence-electron chi connectivity index (χ4n) is 2.88.